The van der Waals surface area contributed by atoms with Crippen LogP contribution in [0.15, 0.2) is 18.2 Å². The van der Waals surface area contributed by atoms with Crippen molar-refractivity contribution in [3.8, 4) is 11.5 Å². The first-order chi connectivity index (χ1) is 8.58. The van der Waals surface area contributed by atoms with E-state index in [1.165, 1.54) is 0 Å². The van der Waals surface area contributed by atoms with Gasteiger partial charge in [0.05, 0.1) is 7.11 Å². The van der Waals surface area contributed by atoms with Crippen LogP contribution in [0.25, 0.3) is 0 Å². The maximum Gasteiger partial charge on any atom is 0.120 e. The molecule has 3 N–H and O–H groups in total. The van der Waals surface area contributed by atoms with Crippen molar-refractivity contribution in [1.82, 2.24) is 5.32 Å². The molecule has 0 heterocycles. The number of aliphatic hydroxyl groups is 1. The van der Waals surface area contributed by atoms with Crippen LogP contribution in [-0.2, 0) is 6.54 Å². The summed E-state index contributed by atoms with van der Waals surface area (Å²) in [7, 11) is 1.60. The molecule has 1 atom stereocenters. The topological polar surface area (TPSA) is 61.7 Å². The fourth-order valence-electron chi connectivity index (χ4n) is 1.88. The zero-order valence-corrected chi connectivity index (χ0v) is 11.3. The summed E-state index contributed by atoms with van der Waals surface area (Å²) >= 11 is 0. The molecule has 0 aliphatic rings. The molecule has 4 nitrogen and oxygen atoms in total. The molecule has 1 unspecified atom stereocenters. The first-order valence-corrected chi connectivity index (χ1v) is 6.28. The average molecular weight is 253 g/mol. The monoisotopic (exact) mass is 253 g/mol. The molecule has 0 radical (unpaired) electrons. The zero-order valence-electron chi connectivity index (χ0n) is 11.3. The molecule has 4 heteroatoms. The SMILES string of the molecule is COc1ccc(O)c(CNC(CCO)C(C)C)c1. The molecule has 1 rings (SSSR count). The number of rotatable bonds is 7. The quantitative estimate of drug-likeness (QED) is 0.694. The standard InChI is InChI=1S/C14H23NO3/c1-10(2)13(6-7-16)15-9-11-8-12(18-3)4-5-14(11)17/h4-5,8,10,13,15-17H,6-7,9H2,1-3H3. The lowest BCUT2D eigenvalue weighted by atomic mass is 10.0. The maximum absolute atomic E-state index is 9.77. The lowest BCUT2D eigenvalue weighted by Gasteiger charge is -2.22. The molecule has 18 heavy (non-hydrogen) atoms. The number of nitrogens with one attached hydrogen (secondary N) is 1. The minimum absolute atomic E-state index is 0.167. The van der Waals surface area contributed by atoms with Gasteiger partial charge in [0.15, 0.2) is 0 Å². The molecule has 102 valence electrons. The highest BCUT2D eigenvalue weighted by Crippen LogP contribution is 2.23. The van der Waals surface area contributed by atoms with Crippen molar-refractivity contribution in [1.29, 1.82) is 0 Å². The van der Waals surface area contributed by atoms with Crippen molar-refractivity contribution in [2.75, 3.05) is 13.7 Å². The second-order valence-electron chi connectivity index (χ2n) is 4.74. The van der Waals surface area contributed by atoms with E-state index in [9.17, 15) is 5.11 Å². The highest BCUT2D eigenvalue weighted by atomic mass is 16.5. The Morgan fingerprint density at radius 1 is 1.33 bits per heavy atom. The number of methoxy groups -OCH3 is 1. The van der Waals surface area contributed by atoms with E-state index in [1.54, 1.807) is 19.2 Å². The van der Waals surface area contributed by atoms with Gasteiger partial charge in [0, 0.05) is 24.8 Å². The molecule has 1 aromatic carbocycles. The number of ether oxygens (including phenoxy) is 1. The number of aromatic hydroxyl groups is 1. The number of hydrogen-bond acceptors (Lipinski definition) is 4. The summed E-state index contributed by atoms with van der Waals surface area (Å²) in [6.07, 6.45) is 0.711. The predicted molar refractivity (Wildman–Crippen MR) is 71.8 cm³/mol. The van der Waals surface area contributed by atoms with E-state index in [-0.39, 0.29) is 18.4 Å². The van der Waals surface area contributed by atoms with Crippen molar-refractivity contribution in [3.63, 3.8) is 0 Å². The van der Waals surface area contributed by atoms with Gasteiger partial charge in [0.25, 0.3) is 0 Å². The minimum Gasteiger partial charge on any atom is -0.508 e. The van der Waals surface area contributed by atoms with Crippen LogP contribution in [0, 0.1) is 5.92 Å². The predicted octanol–water partition coefficient (Wildman–Crippen LogP) is 1.90. The second-order valence-corrected chi connectivity index (χ2v) is 4.74. The van der Waals surface area contributed by atoms with Crippen LogP contribution in [0.1, 0.15) is 25.8 Å². The number of phenols is 1. The Bertz CT molecular complexity index is 366. The van der Waals surface area contributed by atoms with Gasteiger partial charge in [0.1, 0.15) is 11.5 Å². The summed E-state index contributed by atoms with van der Waals surface area (Å²) in [5.41, 5.74) is 0.804. The molecular formula is C14H23NO3. The van der Waals surface area contributed by atoms with Gasteiger partial charge in [-0.2, -0.15) is 0 Å². The van der Waals surface area contributed by atoms with Crippen LogP contribution in [0.5, 0.6) is 11.5 Å². The van der Waals surface area contributed by atoms with Gasteiger partial charge in [0.2, 0.25) is 0 Å². The highest BCUT2D eigenvalue weighted by molar-refractivity contribution is 5.39. The molecule has 0 fully saturated rings. The zero-order chi connectivity index (χ0) is 13.5. The van der Waals surface area contributed by atoms with Crippen LogP contribution in [0.3, 0.4) is 0 Å². The van der Waals surface area contributed by atoms with E-state index in [2.05, 4.69) is 19.2 Å². The highest BCUT2D eigenvalue weighted by Gasteiger charge is 2.13. The van der Waals surface area contributed by atoms with Crippen molar-refractivity contribution in [2.45, 2.75) is 32.9 Å². The van der Waals surface area contributed by atoms with Crippen LogP contribution >= 0.6 is 0 Å². The number of hydrogen-bond donors (Lipinski definition) is 3. The Balaban J connectivity index is 2.66. The van der Waals surface area contributed by atoms with Crippen molar-refractivity contribution in [3.05, 3.63) is 23.8 Å². The molecule has 1 aromatic rings. The van der Waals surface area contributed by atoms with E-state index in [0.29, 0.717) is 18.9 Å². The van der Waals surface area contributed by atoms with Crippen molar-refractivity contribution < 1.29 is 14.9 Å². The summed E-state index contributed by atoms with van der Waals surface area (Å²) in [4.78, 5) is 0. The Kier molecular flexibility index (Phi) is 5.95. The molecule has 0 aliphatic carbocycles. The van der Waals surface area contributed by atoms with Crippen LogP contribution in [0.2, 0.25) is 0 Å². The van der Waals surface area contributed by atoms with Gasteiger partial charge < -0.3 is 20.3 Å². The van der Waals surface area contributed by atoms with E-state index < -0.39 is 0 Å². The van der Waals surface area contributed by atoms with Crippen molar-refractivity contribution >= 4 is 0 Å². The van der Waals surface area contributed by atoms with E-state index >= 15 is 0 Å². The molecule has 0 saturated heterocycles. The maximum atomic E-state index is 9.77. The van der Waals surface area contributed by atoms with Crippen LogP contribution in [0.4, 0.5) is 0 Å². The first-order valence-electron chi connectivity index (χ1n) is 6.28. The lowest BCUT2D eigenvalue weighted by molar-refractivity contribution is 0.243. The number of phenolic OH excluding ortho intramolecular Hbond substituents is 1. The van der Waals surface area contributed by atoms with Crippen LogP contribution < -0.4 is 10.1 Å². The summed E-state index contributed by atoms with van der Waals surface area (Å²) in [5.74, 6) is 1.42. The second kappa shape index (κ2) is 7.24. The number of benzene rings is 1. The van der Waals surface area contributed by atoms with E-state index in [4.69, 9.17) is 9.84 Å². The third-order valence-electron chi connectivity index (χ3n) is 3.09. The summed E-state index contributed by atoms with van der Waals surface area (Å²) < 4.78 is 5.13. The Morgan fingerprint density at radius 3 is 2.61 bits per heavy atom. The van der Waals surface area contributed by atoms with Gasteiger partial charge in [-0.3, -0.25) is 0 Å². The van der Waals surface area contributed by atoms with Crippen LogP contribution in [-0.4, -0.2) is 30.0 Å². The third-order valence-corrected chi connectivity index (χ3v) is 3.09. The fraction of sp³-hybridized carbons (Fsp3) is 0.571. The molecular weight excluding hydrogens is 230 g/mol. The molecule has 0 spiro atoms. The Morgan fingerprint density at radius 2 is 2.06 bits per heavy atom. The van der Waals surface area contributed by atoms with Gasteiger partial charge in [-0.15, -0.1) is 0 Å². The smallest absolute Gasteiger partial charge is 0.120 e. The Hall–Kier alpha value is -1.26. The van der Waals surface area contributed by atoms with Gasteiger partial charge in [-0.05, 0) is 30.5 Å². The minimum atomic E-state index is 0.167. The largest absolute Gasteiger partial charge is 0.508 e. The molecule has 0 bridgehead atoms. The molecule has 0 aromatic heterocycles. The normalized spacial score (nSPS) is 12.7. The first kappa shape index (κ1) is 14.8. The average Bonchev–Trinajstić information content (AvgIpc) is 2.35. The molecule has 0 aliphatic heterocycles. The lowest BCUT2D eigenvalue weighted by Crippen LogP contribution is -2.34. The summed E-state index contributed by atoms with van der Waals surface area (Å²) in [5, 5.41) is 22.1. The van der Waals surface area contributed by atoms with Gasteiger partial charge in [-0.1, -0.05) is 13.8 Å². The van der Waals surface area contributed by atoms with Gasteiger partial charge in [-0.25, -0.2) is 0 Å². The third kappa shape index (κ3) is 4.20. The summed E-state index contributed by atoms with van der Waals surface area (Å²) in [6.45, 7) is 4.95. The fourth-order valence-corrected chi connectivity index (χ4v) is 1.88. The Labute approximate surface area is 109 Å². The molecule has 0 saturated carbocycles. The van der Waals surface area contributed by atoms with E-state index in [1.807, 2.05) is 6.07 Å². The van der Waals surface area contributed by atoms with E-state index in [0.717, 1.165) is 11.3 Å². The summed E-state index contributed by atoms with van der Waals surface area (Å²) in [6, 6.07) is 5.41. The van der Waals surface area contributed by atoms with Gasteiger partial charge >= 0.3 is 0 Å². The van der Waals surface area contributed by atoms with Crippen molar-refractivity contribution in [2.24, 2.45) is 5.92 Å². The molecule has 0 amide bonds. The number of aliphatic hydroxyl groups excluding tert-OH is 1.